The number of aliphatic hydroxyl groups excluding tert-OH is 1. The molecule has 4 heteroatoms. The molecule has 0 aliphatic rings. The van der Waals surface area contributed by atoms with Crippen LogP contribution in [0, 0.1) is 6.92 Å². The van der Waals surface area contributed by atoms with Gasteiger partial charge in [0.05, 0.1) is 6.10 Å². The van der Waals surface area contributed by atoms with Crippen molar-refractivity contribution in [1.82, 2.24) is 5.32 Å². The van der Waals surface area contributed by atoms with Gasteiger partial charge in [0.25, 0.3) is 0 Å². The molecule has 1 aromatic rings. The summed E-state index contributed by atoms with van der Waals surface area (Å²) in [5.74, 6) is 0. The predicted octanol–water partition coefficient (Wildman–Crippen LogP) is 1.66. The van der Waals surface area contributed by atoms with Crippen molar-refractivity contribution in [2.45, 2.75) is 20.0 Å². The van der Waals surface area contributed by atoms with E-state index in [1.165, 1.54) is 0 Å². The van der Waals surface area contributed by atoms with Crippen molar-refractivity contribution in [3.63, 3.8) is 0 Å². The second-order valence-corrected chi connectivity index (χ2v) is 3.91. The maximum Gasteiger partial charge on any atom is 0.170 e. The minimum Gasteiger partial charge on any atom is -0.392 e. The lowest BCUT2D eigenvalue weighted by Gasteiger charge is -2.13. The molecule has 3 nitrogen and oxygen atoms in total. The monoisotopic (exact) mass is 224 g/mol. The minimum atomic E-state index is -0.401. The van der Waals surface area contributed by atoms with Gasteiger partial charge in [-0.15, -0.1) is 0 Å². The van der Waals surface area contributed by atoms with E-state index in [-0.39, 0.29) is 0 Å². The summed E-state index contributed by atoms with van der Waals surface area (Å²) in [6, 6.07) is 7.91. The number of hydrogen-bond acceptors (Lipinski definition) is 2. The number of para-hydroxylation sites is 1. The maximum atomic E-state index is 9.07. The molecular weight excluding hydrogens is 208 g/mol. The molecule has 0 spiro atoms. The Morgan fingerprint density at radius 3 is 2.73 bits per heavy atom. The van der Waals surface area contributed by atoms with Crippen molar-refractivity contribution in [2.75, 3.05) is 11.9 Å². The van der Waals surface area contributed by atoms with E-state index in [9.17, 15) is 0 Å². The van der Waals surface area contributed by atoms with Crippen LogP contribution in [0.15, 0.2) is 24.3 Å². The average Bonchev–Trinajstić information content (AvgIpc) is 2.18. The molecule has 0 aliphatic carbocycles. The quantitative estimate of drug-likeness (QED) is 0.683. The molecule has 0 saturated heterocycles. The van der Waals surface area contributed by atoms with Crippen molar-refractivity contribution in [2.24, 2.45) is 0 Å². The van der Waals surface area contributed by atoms with Crippen LogP contribution in [0.25, 0.3) is 0 Å². The number of hydrogen-bond donors (Lipinski definition) is 3. The summed E-state index contributed by atoms with van der Waals surface area (Å²) in [5, 5.41) is 15.6. The van der Waals surface area contributed by atoms with Crippen LogP contribution >= 0.6 is 12.2 Å². The summed E-state index contributed by atoms with van der Waals surface area (Å²) in [5.41, 5.74) is 2.12. The molecule has 1 aromatic carbocycles. The van der Waals surface area contributed by atoms with Crippen LogP contribution in [-0.4, -0.2) is 22.9 Å². The van der Waals surface area contributed by atoms with Gasteiger partial charge >= 0.3 is 0 Å². The highest BCUT2D eigenvalue weighted by Gasteiger charge is 2.00. The summed E-state index contributed by atoms with van der Waals surface area (Å²) in [6.07, 6.45) is -0.401. The Morgan fingerprint density at radius 2 is 2.13 bits per heavy atom. The highest BCUT2D eigenvalue weighted by atomic mass is 32.1. The van der Waals surface area contributed by atoms with E-state index >= 15 is 0 Å². The topological polar surface area (TPSA) is 44.3 Å². The van der Waals surface area contributed by atoms with Gasteiger partial charge in [-0.2, -0.15) is 0 Å². The van der Waals surface area contributed by atoms with Crippen molar-refractivity contribution in [1.29, 1.82) is 0 Å². The Hall–Kier alpha value is -1.13. The molecule has 82 valence electrons. The number of aliphatic hydroxyl groups is 1. The van der Waals surface area contributed by atoms with Crippen molar-refractivity contribution >= 4 is 23.0 Å². The van der Waals surface area contributed by atoms with Crippen LogP contribution in [0.5, 0.6) is 0 Å². The number of aryl methyl sites for hydroxylation is 1. The number of anilines is 1. The molecule has 15 heavy (non-hydrogen) atoms. The second-order valence-electron chi connectivity index (χ2n) is 3.50. The normalized spacial score (nSPS) is 11.9. The number of benzene rings is 1. The fourth-order valence-corrected chi connectivity index (χ4v) is 1.31. The van der Waals surface area contributed by atoms with E-state index in [0.717, 1.165) is 11.3 Å². The fourth-order valence-electron chi connectivity index (χ4n) is 1.12. The third-order valence-electron chi connectivity index (χ3n) is 1.95. The van der Waals surface area contributed by atoms with Gasteiger partial charge in [0.15, 0.2) is 5.11 Å². The molecule has 0 unspecified atom stereocenters. The van der Waals surface area contributed by atoms with Gasteiger partial charge in [-0.25, -0.2) is 0 Å². The lowest BCUT2D eigenvalue weighted by Crippen LogP contribution is -2.34. The number of nitrogens with one attached hydrogen (secondary N) is 2. The second kappa shape index (κ2) is 5.68. The summed E-state index contributed by atoms with van der Waals surface area (Å²) >= 11 is 5.08. The van der Waals surface area contributed by atoms with Crippen LogP contribution in [0.1, 0.15) is 12.5 Å². The molecule has 0 aliphatic heterocycles. The van der Waals surface area contributed by atoms with E-state index in [2.05, 4.69) is 10.6 Å². The Bertz CT molecular complexity index is 339. The highest BCUT2D eigenvalue weighted by molar-refractivity contribution is 7.80. The van der Waals surface area contributed by atoms with E-state index in [4.69, 9.17) is 17.3 Å². The smallest absolute Gasteiger partial charge is 0.170 e. The first-order valence-corrected chi connectivity index (χ1v) is 5.29. The number of thiocarbonyl (C=S) groups is 1. The summed E-state index contributed by atoms with van der Waals surface area (Å²) in [4.78, 5) is 0. The Kier molecular flexibility index (Phi) is 4.52. The summed E-state index contributed by atoms with van der Waals surface area (Å²) < 4.78 is 0. The van der Waals surface area contributed by atoms with Crippen LogP contribution < -0.4 is 10.6 Å². The van der Waals surface area contributed by atoms with E-state index in [1.807, 2.05) is 31.2 Å². The molecule has 1 atom stereocenters. The van der Waals surface area contributed by atoms with Gasteiger partial charge in [0.2, 0.25) is 0 Å². The largest absolute Gasteiger partial charge is 0.392 e. The van der Waals surface area contributed by atoms with Gasteiger partial charge in [-0.05, 0) is 37.7 Å². The Balaban J connectivity index is 2.48. The molecule has 0 fully saturated rings. The zero-order chi connectivity index (χ0) is 11.3. The molecule has 1 rings (SSSR count). The van der Waals surface area contributed by atoms with E-state index in [0.29, 0.717) is 11.7 Å². The molecule has 0 amide bonds. The van der Waals surface area contributed by atoms with Crippen LogP contribution in [-0.2, 0) is 0 Å². The van der Waals surface area contributed by atoms with Crippen molar-refractivity contribution in [3.8, 4) is 0 Å². The molecule has 3 N–H and O–H groups in total. The summed E-state index contributed by atoms with van der Waals surface area (Å²) in [7, 11) is 0. The molecule has 0 saturated carbocycles. The minimum absolute atomic E-state index is 0.401. The lowest BCUT2D eigenvalue weighted by molar-refractivity contribution is 0.198. The van der Waals surface area contributed by atoms with Crippen molar-refractivity contribution < 1.29 is 5.11 Å². The van der Waals surface area contributed by atoms with Gasteiger partial charge in [-0.1, -0.05) is 18.2 Å². The number of rotatable bonds is 3. The van der Waals surface area contributed by atoms with Crippen molar-refractivity contribution in [3.05, 3.63) is 29.8 Å². The zero-order valence-electron chi connectivity index (χ0n) is 8.95. The Morgan fingerprint density at radius 1 is 1.47 bits per heavy atom. The molecule has 0 radical (unpaired) electrons. The van der Waals surface area contributed by atoms with Gasteiger partial charge in [0, 0.05) is 12.2 Å². The third kappa shape index (κ3) is 4.27. The molecule has 0 aromatic heterocycles. The summed E-state index contributed by atoms with van der Waals surface area (Å²) in [6.45, 7) is 4.18. The third-order valence-corrected chi connectivity index (χ3v) is 2.20. The predicted molar refractivity (Wildman–Crippen MR) is 67.1 cm³/mol. The zero-order valence-corrected chi connectivity index (χ0v) is 9.77. The van der Waals surface area contributed by atoms with E-state index < -0.39 is 6.10 Å². The SMILES string of the molecule is Cc1ccccc1NC(=S)NC[C@H](C)O. The molecule has 0 heterocycles. The fraction of sp³-hybridized carbons (Fsp3) is 0.364. The van der Waals surface area contributed by atoms with Crippen LogP contribution in [0.2, 0.25) is 0 Å². The first-order chi connectivity index (χ1) is 7.09. The highest BCUT2D eigenvalue weighted by Crippen LogP contribution is 2.12. The molecular formula is C11H16N2OS. The standard InChI is InChI=1S/C11H16N2OS/c1-8-5-3-4-6-10(8)13-11(15)12-7-9(2)14/h3-6,9,14H,7H2,1-2H3,(H2,12,13,15)/t9-/m0/s1. The first-order valence-electron chi connectivity index (χ1n) is 4.88. The molecule has 0 bridgehead atoms. The maximum absolute atomic E-state index is 9.07. The average molecular weight is 224 g/mol. The van der Waals surface area contributed by atoms with Gasteiger partial charge < -0.3 is 15.7 Å². The van der Waals surface area contributed by atoms with Crippen LogP contribution in [0.3, 0.4) is 0 Å². The first kappa shape index (κ1) is 11.9. The van der Waals surface area contributed by atoms with Gasteiger partial charge in [-0.3, -0.25) is 0 Å². The Labute approximate surface area is 95.5 Å². The van der Waals surface area contributed by atoms with E-state index in [1.54, 1.807) is 6.92 Å². The lowest BCUT2D eigenvalue weighted by atomic mass is 10.2. The van der Waals surface area contributed by atoms with Gasteiger partial charge in [0.1, 0.15) is 0 Å². The van der Waals surface area contributed by atoms with Crippen LogP contribution in [0.4, 0.5) is 5.69 Å².